The average molecular weight is 568 g/mol. The number of allylic oxidation sites excluding steroid dienone is 1. The molecule has 0 bridgehead atoms. The zero-order chi connectivity index (χ0) is 27.5. The van der Waals surface area contributed by atoms with Gasteiger partial charge in [0, 0.05) is 11.8 Å². The maximum atomic E-state index is 15.0. The molecule has 0 unspecified atom stereocenters. The lowest BCUT2D eigenvalue weighted by molar-refractivity contribution is -0.192. The van der Waals surface area contributed by atoms with Gasteiger partial charge in [-0.15, -0.1) is 0 Å². The highest BCUT2D eigenvalue weighted by molar-refractivity contribution is 7.90. The number of nitrogens with two attached hydrogens (primary N) is 1. The molecule has 1 heterocycles. The minimum atomic E-state index is -5.08. The lowest BCUT2D eigenvalue weighted by Crippen LogP contribution is -2.30. The molecular weight excluding hydrogens is 542 g/mol. The highest BCUT2D eigenvalue weighted by atomic mass is 35.5. The Labute approximate surface area is 215 Å². The molecule has 0 amide bonds. The van der Waals surface area contributed by atoms with E-state index in [9.17, 15) is 21.6 Å². The van der Waals surface area contributed by atoms with E-state index in [4.69, 9.17) is 31.8 Å². The first-order valence-corrected chi connectivity index (χ1v) is 13.7. The van der Waals surface area contributed by atoms with E-state index in [1.807, 2.05) is 0 Å². The number of rotatable bonds is 7. The Bertz CT molecular complexity index is 1270. The van der Waals surface area contributed by atoms with Crippen molar-refractivity contribution < 1.29 is 40.4 Å². The number of aromatic nitrogens is 2. The monoisotopic (exact) mass is 567 g/mol. The molecule has 2 aliphatic carbocycles. The van der Waals surface area contributed by atoms with E-state index < -0.39 is 33.9 Å². The van der Waals surface area contributed by atoms with Crippen LogP contribution in [0.25, 0.3) is 11.4 Å². The van der Waals surface area contributed by atoms with Crippen LogP contribution < -0.4 is 5.73 Å². The minimum absolute atomic E-state index is 0.110. The van der Waals surface area contributed by atoms with E-state index in [1.165, 1.54) is 12.1 Å². The largest absolute Gasteiger partial charge is 0.490 e. The standard InChI is InChI=1S/C21H25ClFN3O3S.C2HF3O2/c1-30(27,28)14-8-9-15(17(22)11-14)20-25-21(29-26-20)16(10-12-6-7-12)19(24)18(23)13-4-2-3-5-13;3-2(4,5)1(6)7/h8-9,11-12,16,19H,2-7,10,24H2,1H3;(H,6,7)/t16-,19+;/m1./s1. The molecule has 8 nitrogen and oxygen atoms in total. The molecule has 2 aromatic rings. The first kappa shape index (κ1) is 29.1. The lowest BCUT2D eigenvalue weighted by Gasteiger charge is -2.20. The molecular formula is C23H26ClF4N3O5S. The minimum Gasteiger partial charge on any atom is -0.475 e. The van der Waals surface area contributed by atoms with Gasteiger partial charge in [0.05, 0.1) is 21.9 Å². The Kier molecular flexibility index (Phi) is 9.01. The van der Waals surface area contributed by atoms with Gasteiger partial charge in [0.1, 0.15) is 5.83 Å². The van der Waals surface area contributed by atoms with Gasteiger partial charge >= 0.3 is 12.1 Å². The highest BCUT2D eigenvalue weighted by Gasteiger charge is 2.38. The zero-order valence-electron chi connectivity index (χ0n) is 19.8. The van der Waals surface area contributed by atoms with Crippen LogP contribution in [0, 0.1) is 5.92 Å². The predicted molar refractivity (Wildman–Crippen MR) is 126 cm³/mol. The van der Waals surface area contributed by atoms with E-state index >= 15 is 4.39 Å². The van der Waals surface area contributed by atoms with Crippen molar-refractivity contribution in [3.8, 4) is 11.4 Å². The van der Waals surface area contributed by atoms with Crippen LogP contribution in [0.2, 0.25) is 5.02 Å². The SMILES string of the molecule is CS(=O)(=O)c1ccc(-c2noc([C@H](CC3CC3)[C@H](N)C(F)=C3CCCC3)n2)c(Cl)c1.O=C(O)C(F)(F)F. The molecule has 37 heavy (non-hydrogen) atoms. The molecule has 0 saturated heterocycles. The fourth-order valence-corrected chi connectivity index (χ4v) is 4.95. The molecule has 204 valence electrons. The van der Waals surface area contributed by atoms with Crippen LogP contribution >= 0.6 is 11.6 Å². The van der Waals surface area contributed by atoms with Gasteiger partial charge in [-0.05, 0) is 61.8 Å². The van der Waals surface area contributed by atoms with Crippen molar-refractivity contribution in [1.29, 1.82) is 0 Å². The first-order valence-electron chi connectivity index (χ1n) is 11.4. The molecule has 1 aromatic heterocycles. The fourth-order valence-electron chi connectivity index (χ4n) is 3.97. The summed E-state index contributed by atoms with van der Waals surface area (Å²) in [5, 5.41) is 11.3. The predicted octanol–water partition coefficient (Wildman–Crippen LogP) is 5.44. The van der Waals surface area contributed by atoms with Gasteiger partial charge in [0.15, 0.2) is 9.84 Å². The van der Waals surface area contributed by atoms with Crippen molar-refractivity contribution in [2.75, 3.05) is 6.26 Å². The van der Waals surface area contributed by atoms with Gasteiger partial charge in [-0.1, -0.05) is 29.6 Å². The number of sulfone groups is 1. The number of alkyl halides is 3. The molecule has 2 atom stereocenters. The first-order chi connectivity index (χ1) is 17.2. The number of nitrogens with zero attached hydrogens (tertiary/aromatic N) is 2. The molecule has 2 aliphatic rings. The van der Waals surface area contributed by atoms with Crippen LogP contribution in [0.15, 0.2) is 39.0 Å². The number of carboxylic acid groups (broad SMARTS) is 1. The summed E-state index contributed by atoms with van der Waals surface area (Å²) in [6, 6.07) is 3.55. The summed E-state index contributed by atoms with van der Waals surface area (Å²) < 4.78 is 75.7. The van der Waals surface area contributed by atoms with Crippen molar-refractivity contribution >= 4 is 27.4 Å². The van der Waals surface area contributed by atoms with Gasteiger partial charge in [0.25, 0.3) is 0 Å². The van der Waals surface area contributed by atoms with Gasteiger partial charge in [-0.2, -0.15) is 18.2 Å². The van der Waals surface area contributed by atoms with Gasteiger partial charge in [-0.25, -0.2) is 17.6 Å². The van der Waals surface area contributed by atoms with Crippen molar-refractivity contribution in [3.63, 3.8) is 0 Å². The summed E-state index contributed by atoms with van der Waals surface area (Å²) in [6.07, 6.45) is 2.43. The highest BCUT2D eigenvalue weighted by Crippen LogP contribution is 2.42. The number of carboxylic acids is 1. The molecule has 2 fully saturated rings. The van der Waals surface area contributed by atoms with Crippen molar-refractivity contribution in [1.82, 2.24) is 10.1 Å². The summed E-state index contributed by atoms with van der Waals surface area (Å²) in [5.74, 6) is -2.38. The van der Waals surface area contributed by atoms with E-state index in [0.717, 1.165) is 50.4 Å². The third-order valence-corrected chi connectivity index (χ3v) is 7.59. The molecule has 14 heteroatoms. The fraction of sp³-hybridized carbons (Fsp3) is 0.522. The topological polar surface area (TPSA) is 136 Å². The molecule has 0 radical (unpaired) electrons. The maximum Gasteiger partial charge on any atom is 0.490 e. The molecule has 3 N–H and O–H groups in total. The third kappa shape index (κ3) is 7.74. The number of hydrogen-bond donors (Lipinski definition) is 2. The van der Waals surface area contributed by atoms with Crippen LogP contribution in [-0.2, 0) is 14.6 Å². The molecule has 0 spiro atoms. The van der Waals surface area contributed by atoms with Crippen LogP contribution in [0.5, 0.6) is 0 Å². The number of carbonyl (C=O) groups is 1. The van der Waals surface area contributed by atoms with Crippen molar-refractivity contribution in [3.05, 3.63) is 40.5 Å². The van der Waals surface area contributed by atoms with Gasteiger partial charge < -0.3 is 15.4 Å². The summed E-state index contributed by atoms with van der Waals surface area (Å²) in [7, 11) is -3.38. The van der Waals surface area contributed by atoms with Crippen LogP contribution in [0.1, 0.15) is 56.8 Å². The molecule has 1 aromatic carbocycles. The summed E-state index contributed by atoms with van der Waals surface area (Å²) >= 11 is 6.27. The van der Waals surface area contributed by atoms with Crippen LogP contribution in [0.3, 0.4) is 0 Å². The normalized spacial score (nSPS) is 17.6. The second-order valence-corrected chi connectivity index (χ2v) is 11.6. The third-order valence-electron chi connectivity index (χ3n) is 6.17. The lowest BCUT2D eigenvalue weighted by atomic mass is 9.91. The molecule has 2 saturated carbocycles. The van der Waals surface area contributed by atoms with Crippen molar-refractivity contribution in [2.24, 2.45) is 11.7 Å². The zero-order valence-corrected chi connectivity index (χ0v) is 21.3. The van der Waals surface area contributed by atoms with E-state index in [2.05, 4.69) is 10.1 Å². The number of halogens is 5. The second-order valence-electron chi connectivity index (χ2n) is 9.14. The van der Waals surface area contributed by atoms with E-state index in [0.29, 0.717) is 23.8 Å². The Hall–Kier alpha value is -2.51. The van der Waals surface area contributed by atoms with Crippen molar-refractivity contribution in [2.45, 2.75) is 68.0 Å². The number of aliphatic carboxylic acids is 1. The Balaban J connectivity index is 0.000000479. The molecule has 0 aliphatic heterocycles. The Morgan fingerprint density at radius 2 is 1.86 bits per heavy atom. The average Bonchev–Trinajstić information content (AvgIpc) is 3.25. The van der Waals surface area contributed by atoms with Crippen LogP contribution in [-0.4, -0.2) is 48.1 Å². The van der Waals surface area contributed by atoms with E-state index in [1.54, 1.807) is 6.07 Å². The summed E-state index contributed by atoms with van der Waals surface area (Å²) in [6.45, 7) is 0. The Morgan fingerprint density at radius 1 is 1.27 bits per heavy atom. The van der Waals surface area contributed by atoms with Gasteiger partial charge in [0.2, 0.25) is 11.7 Å². The number of hydrogen-bond acceptors (Lipinski definition) is 7. The van der Waals surface area contributed by atoms with Crippen LogP contribution in [0.4, 0.5) is 17.6 Å². The summed E-state index contributed by atoms with van der Waals surface area (Å²) in [4.78, 5) is 13.5. The molecule has 4 rings (SSSR count). The maximum absolute atomic E-state index is 15.0. The smallest absolute Gasteiger partial charge is 0.475 e. The number of benzene rings is 1. The quantitative estimate of drug-likeness (QED) is 0.422. The van der Waals surface area contributed by atoms with Gasteiger partial charge in [-0.3, -0.25) is 0 Å². The summed E-state index contributed by atoms with van der Waals surface area (Å²) in [5.41, 5.74) is 7.60. The Morgan fingerprint density at radius 3 is 2.35 bits per heavy atom. The van der Waals surface area contributed by atoms with E-state index in [-0.39, 0.29) is 21.6 Å². The second kappa shape index (κ2) is 11.5.